The van der Waals surface area contributed by atoms with Crippen LogP contribution in [-0.4, -0.2) is 161 Å². The van der Waals surface area contributed by atoms with Gasteiger partial charge in [-0.05, 0) is 0 Å². The minimum absolute atomic E-state index is 0.112. The predicted molar refractivity (Wildman–Crippen MR) is 117 cm³/mol. The molecule has 194 valence electrons. The van der Waals surface area contributed by atoms with Crippen LogP contribution in [0.4, 0.5) is 0 Å². The summed E-state index contributed by atoms with van der Waals surface area (Å²) in [5.41, 5.74) is 5.39. The van der Waals surface area contributed by atoms with Crippen LogP contribution in [0, 0.1) is 0 Å². The Hall–Kier alpha value is -2.85. The molecule has 0 bridgehead atoms. The highest BCUT2D eigenvalue weighted by Crippen LogP contribution is 2.01. The van der Waals surface area contributed by atoms with Crippen molar-refractivity contribution in [2.45, 2.75) is 6.04 Å². The summed E-state index contributed by atoms with van der Waals surface area (Å²) in [6.07, 6.45) is 0. The minimum Gasteiger partial charge on any atom is -0.480 e. The smallest absolute Gasteiger partial charge is 0.322 e. The summed E-state index contributed by atoms with van der Waals surface area (Å²) in [6.45, 7) is 1.04. The first-order chi connectivity index (χ1) is 16.0. The largest absolute Gasteiger partial charge is 0.480 e. The normalized spacial score (nSPS) is 18.9. The molecule has 0 saturated carbocycles. The number of rotatable bonds is 11. The monoisotopic (exact) mass is 490 g/mol. The molecular formula is C19H34N6O9. The number of nitrogens with one attached hydrogen (secondary N) is 1. The number of carbonyl (C=O) groups is 5. The molecule has 1 fully saturated rings. The summed E-state index contributed by atoms with van der Waals surface area (Å²) in [7, 11) is 0. The van der Waals surface area contributed by atoms with E-state index in [1.807, 2.05) is 0 Å². The van der Waals surface area contributed by atoms with E-state index in [2.05, 4.69) is 5.32 Å². The van der Waals surface area contributed by atoms with Crippen LogP contribution >= 0.6 is 0 Å². The average molecular weight is 491 g/mol. The molecule has 1 saturated heterocycles. The third-order valence-corrected chi connectivity index (χ3v) is 5.21. The number of nitrogens with two attached hydrogens (primary N) is 1. The van der Waals surface area contributed by atoms with Gasteiger partial charge in [-0.15, -0.1) is 0 Å². The highest BCUT2D eigenvalue weighted by Gasteiger charge is 2.21. The molecule has 0 aromatic rings. The first-order valence-corrected chi connectivity index (χ1v) is 10.8. The van der Waals surface area contributed by atoms with Gasteiger partial charge in [0.1, 0.15) is 6.04 Å². The standard InChI is InChI=1S/C19H34N6O9/c20-14(19(33)34)9-21-15(26)10-22-1-3-23(11-16(27)28)5-7-25(13-18(31)32)8-6-24(4-2-22)12-17(29)30/h14H,1-13,20H2,(H,21,26)(H,27,28)(H,29,30)(H,31,32)(H,33,34). The Morgan fingerprint density at radius 2 is 0.912 bits per heavy atom. The molecule has 7 N–H and O–H groups in total. The zero-order valence-corrected chi connectivity index (χ0v) is 19.0. The van der Waals surface area contributed by atoms with Crippen molar-refractivity contribution < 1.29 is 44.4 Å². The molecule has 1 atom stereocenters. The Balaban J connectivity index is 2.91. The van der Waals surface area contributed by atoms with E-state index in [1.165, 1.54) is 0 Å². The van der Waals surface area contributed by atoms with E-state index in [4.69, 9.17) is 15.9 Å². The number of carboxylic acid groups (broad SMARTS) is 4. The second-order valence-electron chi connectivity index (χ2n) is 8.03. The molecule has 1 heterocycles. The summed E-state index contributed by atoms with van der Waals surface area (Å²) in [5, 5.41) is 38.9. The van der Waals surface area contributed by atoms with Gasteiger partial charge in [0.05, 0.1) is 26.2 Å². The van der Waals surface area contributed by atoms with E-state index in [1.54, 1.807) is 19.6 Å². The highest BCUT2D eigenvalue weighted by atomic mass is 16.4. The number of carboxylic acids is 4. The van der Waals surface area contributed by atoms with Gasteiger partial charge in [-0.25, -0.2) is 0 Å². The first kappa shape index (κ1) is 29.2. The molecule has 15 heteroatoms. The number of hydrogen-bond donors (Lipinski definition) is 6. The molecule has 1 aliphatic rings. The maximum atomic E-state index is 12.3. The van der Waals surface area contributed by atoms with Crippen LogP contribution in [0.25, 0.3) is 0 Å². The molecule has 0 spiro atoms. The number of carbonyl (C=O) groups excluding carboxylic acids is 1. The number of nitrogens with zero attached hydrogens (tertiary/aromatic N) is 4. The van der Waals surface area contributed by atoms with Gasteiger partial charge in [-0.1, -0.05) is 0 Å². The van der Waals surface area contributed by atoms with Crippen molar-refractivity contribution in [3.8, 4) is 0 Å². The summed E-state index contributed by atoms with van der Waals surface area (Å²) in [4.78, 5) is 63.5. The summed E-state index contributed by atoms with van der Waals surface area (Å²) in [6, 6.07) is -1.25. The summed E-state index contributed by atoms with van der Waals surface area (Å²) in [5.74, 6) is -4.85. The summed E-state index contributed by atoms with van der Waals surface area (Å²) >= 11 is 0. The lowest BCUT2D eigenvalue weighted by molar-refractivity contribution is -0.140. The molecule has 1 rings (SSSR count). The maximum Gasteiger partial charge on any atom is 0.322 e. The molecule has 0 aromatic heterocycles. The van der Waals surface area contributed by atoms with Gasteiger partial charge in [0, 0.05) is 58.9 Å². The molecule has 0 radical (unpaired) electrons. The second-order valence-corrected chi connectivity index (χ2v) is 8.03. The highest BCUT2D eigenvalue weighted by molar-refractivity contribution is 5.79. The molecule has 0 aliphatic carbocycles. The third-order valence-electron chi connectivity index (χ3n) is 5.21. The van der Waals surface area contributed by atoms with Gasteiger partial charge < -0.3 is 31.5 Å². The van der Waals surface area contributed by atoms with Crippen molar-refractivity contribution in [3.05, 3.63) is 0 Å². The predicted octanol–water partition coefficient (Wildman–Crippen LogP) is -4.01. The van der Waals surface area contributed by atoms with Gasteiger partial charge in [-0.3, -0.25) is 43.6 Å². The topological polar surface area (TPSA) is 217 Å². The third kappa shape index (κ3) is 13.0. The quantitative estimate of drug-likeness (QED) is 0.163. The molecule has 15 nitrogen and oxygen atoms in total. The van der Waals surface area contributed by atoms with Crippen LogP contribution < -0.4 is 11.1 Å². The molecule has 34 heavy (non-hydrogen) atoms. The van der Waals surface area contributed by atoms with Crippen molar-refractivity contribution >= 4 is 29.8 Å². The van der Waals surface area contributed by atoms with Crippen LogP contribution in [0.5, 0.6) is 0 Å². The van der Waals surface area contributed by atoms with E-state index in [-0.39, 0.29) is 85.1 Å². The van der Waals surface area contributed by atoms with E-state index in [0.717, 1.165) is 0 Å². The molecule has 0 aromatic carbocycles. The van der Waals surface area contributed by atoms with E-state index >= 15 is 0 Å². The van der Waals surface area contributed by atoms with Gasteiger partial charge in [0.25, 0.3) is 0 Å². The lowest BCUT2D eigenvalue weighted by Gasteiger charge is -2.32. The minimum atomic E-state index is -1.25. The Kier molecular flexibility index (Phi) is 13.0. The van der Waals surface area contributed by atoms with Crippen LogP contribution in [0.15, 0.2) is 0 Å². The number of hydrogen-bond acceptors (Lipinski definition) is 10. The van der Waals surface area contributed by atoms with Crippen LogP contribution in [-0.2, 0) is 24.0 Å². The fourth-order valence-corrected chi connectivity index (χ4v) is 3.35. The van der Waals surface area contributed by atoms with Gasteiger partial charge in [0.2, 0.25) is 5.91 Å². The maximum absolute atomic E-state index is 12.3. The Bertz CT molecular complexity index is 690. The first-order valence-electron chi connectivity index (χ1n) is 10.8. The fraction of sp³-hybridized carbons (Fsp3) is 0.737. The molecule has 1 unspecified atom stereocenters. The lowest BCUT2D eigenvalue weighted by Crippen LogP contribution is -2.50. The van der Waals surface area contributed by atoms with Crippen molar-refractivity contribution in [2.24, 2.45) is 5.73 Å². The Labute approximate surface area is 196 Å². The van der Waals surface area contributed by atoms with Gasteiger partial charge in [-0.2, -0.15) is 0 Å². The molecule has 1 amide bonds. The molecule has 1 aliphatic heterocycles. The van der Waals surface area contributed by atoms with Crippen molar-refractivity contribution in [2.75, 3.05) is 85.1 Å². The Morgan fingerprint density at radius 1 is 0.618 bits per heavy atom. The fourth-order valence-electron chi connectivity index (χ4n) is 3.35. The van der Waals surface area contributed by atoms with E-state index in [9.17, 15) is 34.2 Å². The van der Waals surface area contributed by atoms with Crippen molar-refractivity contribution in [1.29, 1.82) is 0 Å². The van der Waals surface area contributed by atoms with Gasteiger partial charge in [0.15, 0.2) is 0 Å². The zero-order chi connectivity index (χ0) is 25.7. The number of amides is 1. The average Bonchev–Trinajstić information content (AvgIpc) is 2.72. The van der Waals surface area contributed by atoms with Crippen LogP contribution in [0.1, 0.15) is 0 Å². The van der Waals surface area contributed by atoms with Crippen molar-refractivity contribution in [1.82, 2.24) is 24.9 Å². The number of aliphatic carboxylic acids is 4. The van der Waals surface area contributed by atoms with Crippen LogP contribution in [0.3, 0.4) is 0 Å². The lowest BCUT2D eigenvalue weighted by atomic mass is 10.3. The SMILES string of the molecule is NC(CNC(=O)CN1CCN(CC(=O)O)CCN(CC(=O)O)CCN(CC(=O)O)CC1)C(=O)O. The Morgan fingerprint density at radius 3 is 1.18 bits per heavy atom. The second kappa shape index (κ2) is 15.1. The zero-order valence-electron chi connectivity index (χ0n) is 19.0. The van der Waals surface area contributed by atoms with E-state index in [0.29, 0.717) is 0 Å². The summed E-state index contributed by atoms with van der Waals surface area (Å²) < 4.78 is 0. The van der Waals surface area contributed by atoms with E-state index < -0.39 is 35.8 Å². The van der Waals surface area contributed by atoms with Crippen LogP contribution in [0.2, 0.25) is 0 Å². The van der Waals surface area contributed by atoms with Gasteiger partial charge >= 0.3 is 23.9 Å². The van der Waals surface area contributed by atoms with Crippen molar-refractivity contribution in [3.63, 3.8) is 0 Å². The molecular weight excluding hydrogens is 456 g/mol.